The van der Waals surface area contributed by atoms with Crippen LogP contribution >= 0.6 is 22.9 Å². The van der Waals surface area contributed by atoms with E-state index in [9.17, 15) is 0 Å². The minimum Gasteiger partial charge on any atom is -0.248 e. The Hall–Kier alpha value is 0.907. The van der Waals surface area contributed by atoms with Gasteiger partial charge in [-0.15, -0.1) is 0 Å². The Kier molecular flexibility index (Phi) is 1.85. The minimum atomic E-state index is -0.519. The van der Waals surface area contributed by atoms with Crippen molar-refractivity contribution >= 4 is 30.9 Å². The van der Waals surface area contributed by atoms with Crippen molar-refractivity contribution in [3.8, 4) is 0 Å². The van der Waals surface area contributed by atoms with Crippen LogP contribution in [0.3, 0.4) is 0 Å². The smallest absolute Gasteiger partial charge is 0.0711 e. The first-order valence-corrected chi connectivity index (χ1v) is 7.97. The van der Waals surface area contributed by atoms with Crippen molar-refractivity contribution in [2.45, 2.75) is 37.5 Å². The van der Waals surface area contributed by atoms with Gasteiger partial charge in [0.25, 0.3) is 0 Å². The Labute approximate surface area is 77.7 Å². The van der Waals surface area contributed by atoms with E-state index in [2.05, 4.69) is 32.9 Å². The molecule has 0 bridgehead atoms. The van der Waals surface area contributed by atoms with Crippen molar-refractivity contribution in [2.75, 3.05) is 6.17 Å². The van der Waals surface area contributed by atoms with Crippen molar-refractivity contribution in [2.24, 2.45) is 0 Å². The minimum absolute atomic E-state index is 0.519. The summed E-state index contributed by atoms with van der Waals surface area (Å²) in [4.78, 5) is 0. The molecule has 1 spiro atoms. The summed E-state index contributed by atoms with van der Waals surface area (Å²) in [7, 11) is -0.519. The molecule has 0 aromatic rings. The van der Waals surface area contributed by atoms with E-state index in [4.69, 9.17) is 0 Å². The number of rotatable bonds is 1. The molecule has 0 aliphatic carbocycles. The van der Waals surface area contributed by atoms with Crippen LogP contribution in [0.1, 0.15) is 13.3 Å². The van der Waals surface area contributed by atoms with Crippen molar-refractivity contribution in [3.05, 3.63) is 0 Å². The molecule has 0 aromatic heterocycles. The lowest BCUT2D eigenvalue weighted by Crippen LogP contribution is -2.19. The summed E-state index contributed by atoms with van der Waals surface area (Å²) in [5.41, 5.74) is 0. The summed E-state index contributed by atoms with van der Waals surface area (Å²) in [5.74, 6) is 0. The van der Waals surface area contributed by atoms with Crippen LogP contribution in [0, 0.1) is 0 Å². The first-order valence-electron chi connectivity index (χ1n) is 4.18. The van der Waals surface area contributed by atoms with Gasteiger partial charge in [0, 0.05) is 35.1 Å². The van der Waals surface area contributed by atoms with E-state index in [0.29, 0.717) is 0 Å². The molecule has 0 radical (unpaired) electrons. The fourth-order valence-electron chi connectivity index (χ4n) is 1.99. The normalized spacial score (nSPS) is 37.2. The van der Waals surface area contributed by atoms with Crippen molar-refractivity contribution in [1.29, 1.82) is 0 Å². The van der Waals surface area contributed by atoms with Gasteiger partial charge in [0.05, 0.1) is 8.07 Å². The fourth-order valence-corrected chi connectivity index (χ4v) is 9.80. The molecular formula is C7H14INSi. The highest BCUT2D eigenvalue weighted by Gasteiger charge is 2.52. The topological polar surface area (TPSA) is 3.24 Å². The lowest BCUT2D eigenvalue weighted by atomic mass is 10.3. The van der Waals surface area contributed by atoms with Crippen LogP contribution in [0.15, 0.2) is 0 Å². The molecule has 2 rings (SSSR count). The molecule has 3 heteroatoms. The summed E-state index contributed by atoms with van der Waals surface area (Å²) in [5, 5.41) is 0. The Bertz CT molecular complexity index is 147. The Morgan fingerprint density at radius 1 is 1.60 bits per heavy atom. The van der Waals surface area contributed by atoms with Gasteiger partial charge in [0.2, 0.25) is 0 Å². The molecule has 0 aromatic carbocycles. The van der Waals surface area contributed by atoms with Crippen LogP contribution in [-0.4, -0.2) is 23.4 Å². The van der Waals surface area contributed by atoms with E-state index in [1.165, 1.54) is 12.6 Å². The van der Waals surface area contributed by atoms with Gasteiger partial charge in [-0.25, -0.2) is 3.11 Å². The van der Waals surface area contributed by atoms with Crippen LogP contribution in [0.25, 0.3) is 0 Å². The molecule has 2 heterocycles. The van der Waals surface area contributed by atoms with Gasteiger partial charge >= 0.3 is 0 Å². The maximum atomic E-state index is 2.58. The summed E-state index contributed by atoms with van der Waals surface area (Å²) in [6.07, 6.45) is 2.88. The van der Waals surface area contributed by atoms with Crippen LogP contribution in [0.2, 0.25) is 18.1 Å². The number of halogens is 1. The molecule has 1 nitrogen and oxygen atoms in total. The van der Waals surface area contributed by atoms with Gasteiger partial charge in [-0.05, 0) is 12.5 Å². The highest BCUT2D eigenvalue weighted by molar-refractivity contribution is 14.1. The molecule has 2 fully saturated rings. The first-order chi connectivity index (χ1) is 4.76. The maximum absolute atomic E-state index is 2.58. The van der Waals surface area contributed by atoms with Gasteiger partial charge < -0.3 is 0 Å². The zero-order valence-corrected chi connectivity index (χ0v) is 9.60. The monoisotopic (exact) mass is 267 g/mol. The third kappa shape index (κ3) is 1.16. The summed E-state index contributed by atoms with van der Waals surface area (Å²) in [6.45, 7) is 2.33. The van der Waals surface area contributed by atoms with Gasteiger partial charge in [-0.1, -0.05) is 19.0 Å². The zero-order valence-electron chi connectivity index (χ0n) is 6.44. The molecule has 10 heavy (non-hydrogen) atoms. The van der Waals surface area contributed by atoms with Crippen LogP contribution < -0.4 is 0 Å². The molecule has 0 amide bonds. The predicted octanol–water partition coefficient (Wildman–Crippen LogP) is 2.43. The second-order valence-electron chi connectivity index (χ2n) is 3.82. The quantitative estimate of drug-likeness (QED) is 0.400. The SMILES string of the molecule is CCC1C[Si]2(CC2)CN1I. The molecule has 2 aliphatic rings. The highest BCUT2D eigenvalue weighted by Crippen LogP contribution is 2.48. The Morgan fingerprint density at radius 2 is 2.30 bits per heavy atom. The van der Waals surface area contributed by atoms with Gasteiger partial charge in [0.15, 0.2) is 0 Å². The van der Waals surface area contributed by atoms with Crippen LogP contribution in [0.5, 0.6) is 0 Å². The highest BCUT2D eigenvalue weighted by atomic mass is 127. The molecular weight excluding hydrogens is 253 g/mol. The lowest BCUT2D eigenvalue weighted by Gasteiger charge is -2.13. The Morgan fingerprint density at radius 3 is 2.60 bits per heavy atom. The Balaban J connectivity index is 2.00. The average Bonchev–Trinajstić information content (AvgIpc) is 2.55. The number of hydrogen-bond acceptors (Lipinski definition) is 1. The molecule has 1 atom stereocenters. The third-order valence-electron chi connectivity index (χ3n) is 2.98. The number of hydrogen-bond donors (Lipinski definition) is 0. The molecule has 58 valence electrons. The number of nitrogens with zero attached hydrogens (tertiary/aromatic N) is 1. The van der Waals surface area contributed by atoms with Crippen molar-refractivity contribution in [3.63, 3.8) is 0 Å². The summed E-state index contributed by atoms with van der Waals surface area (Å²) < 4.78 is 2.58. The standard InChI is InChI=1S/C7H14INSi/c1-2-7-5-10(3-4-10)6-9(7)8/h7H,2-6H2,1H3. The van der Waals surface area contributed by atoms with Crippen molar-refractivity contribution in [1.82, 2.24) is 3.11 Å². The van der Waals surface area contributed by atoms with E-state index in [1.807, 2.05) is 0 Å². The first kappa shape index (κ1) is 7.55. The predicted molar refractivity (Wildman–Crippen MR) is 55.0 cm³/mol. The second-order valence-corrected chi connectivity index (χ2v) is 9.79. The van der Waals surface area contributed by atoms with Gasteiger partial charge in [-0.2, -0.15) is 0 Å². The average molecular weight is 267 g/mol. The molecule has 1 unspecified atom stereocenters. The largest absolute Gasteiger partial charge is 0.248 e. The molecule has 0 N–H and O–H groups in total. The lowest BCUT2D eigenvalue weighted by molar-refractivity contribution is 0.469. The molecule has 2 saturated heterocycles. The van der Waals surface area contributed by atoms with Crippen molar-refractivity contribution < 1.29 is 0 Å². The third-order valence-corrected chi connectivity index (χ3v) is 9.02. The second kappa shape index (κ2) is 2.45. The van der Waals surface area contributed by atoms with E-state index >= 15 is 0 Å². The van der Waals surface area contributed by atoms with E-state index < -0.39 is 8.07 Å². The zero-order chi connectivity index (χ0) is 7.19. The van der Waals surface area contributed by atoms with E-state index in [-0.39, 0.29) is 0 Å². The fraction of sp³-hybridized carbons (Fsp3) is 1.00. The van der Waals surface area contributed by atoms with Gasteiger partial charge in [0.1, 0.15) is 0 Å². The van der Waals surface area contributed by atoms with Crippen LogP contribution in [-0.2, 0) is 0 Å². The van der Waals surface area contributed by atoms with Crippen LogP contribution in [0.4, 0.5) is 0 Å². The molecule has 2 aliphatic heterocycles. The summed E-state index contributed by atoms with van der Waals surface area (Å²) in [6, 6.07) is 5.85. The maximum Gasteiger partial charge on any atom is 0.0711 e. The van der Waals surface area contributed by atoms with Gasteiger partial charge in [-0.3, -0.25) is 0 Å². The van der Waals surface area contributed by atoms with E-state index in [0.717, 1.165) is 6.04 Å². The van der Waals surface area contributed by atoms with E-state index in [1.54, 1.807) is 18.1 Å². The summed E-state index contributed by atoms with van der Waals surface area (Å²) >= 11 is 2.53. The molecule has 0 saturated carbocycles.